The summed E-state index contributed by atoms with van der Waals surface area (Å²) in [6.07, 6.45) is 5.31. The summed E-state index contributed by atoms with van der Waals surface area (Å²) in [7, 11) is 0. The first-order valence-electron chi connectivity index (χ1n) is 45.1. The largest absolute Gasteiger partial charge is 0.510 e. The predicted molar refractivity (Wildman–Crippen MR) is 403 cm³/mol. The Morgan fingerprint density at radius 1 is 0.439 bits per heavy atom. The Bertz CT molecular complexity index is 6990. The van der Waals surface area contributed by atoms with Crippen molar-refractivity contribution < 1.29 is 67.4 Å². The Hall–Kier alpha value is -10.5. The molecule has 1 aliphatic heterocycles. The number of benzene rings is 12. The number of aryl methyl sites for hydroxylation is 2. The number of rotatable bonds is 9. The number of aromatic nitrogens is 4. The fourth-order valence-electron chi connectivity index (χ4n) is 12.8. The molecule has 0 saturated carbocycles. The molecule has 0 N–H and O–H groups in total. The van der Waals surface area contributed by atoms with E-state index in [0.717, 1.165) is 33.0 Å². The maximum Gasteiger partial charge on any atom is 0.268 e. The van der Waals surface area contributed by atoms with Crippen LogP contribution in [0.15, 0.2) is 260 Å². The molecular weight excluding hydrogens is 1370 g/mol. The molecule has 0 aliphatic carbocycles. The van der Waals surface area contributed by atoms with Crippen LogP contribution in [-0.4, -0.2) is 14.1 Å². The zero-order valence-electron chi connectivity index (χ0n) is 81.7. The van der Waals surface area contributed by atoms with Crippen molar-refractivity contribution in [1.29, 1.82) is 0 Å². The fraction of sp³-hybridized carbons (Fsp3) is 0.152. The van der Waals surface area contributed by atoms with Gasteiger partial charge in [-0.1, -0.05) is 237 Å². The molecule has 16 rings (SSSR count). The first-order chi connectivity index (χ1) is 57.9. The molecule has 98 heavy (non-hydrogen) atoms. The molecule has 5 nitrogen and oxygen atoms in total. The standard InChI is InChI=1S/C92H76N4O.Pt/c1-58-26-24-27-59(2)87(58)67-50-80(66-47-69(91(6,7)8)53-70(48-66)92(9,10)11)88-81(51-67)76-36-20-18-34-74(76)75-35-19-21-37-77(75)82-49-65(64-45-62(60-28-14-12-15-29-60)44-63(46-64)61-30-16-13-17-31-61)52-85-89(82)95(88)57-94(85)71-32-25-33-72(55-71)97-73-40-41-79-78-38-22-23-39-83(78)96(84(79)56-73)86-54-68(42-43-93-86)90(3,4)5;/h12-54H,1-11H3;/q-2;/i1D3,2D3,12D,13D,14D,15D,16D,17D,18D,19D,20D,21D,28D,29D,30D,31D,34D,35D,36D,37D,44D,45D,46D;. The molecule has 1 aliphatic rings. The Kier molecular flexibility index (Phi) is 9.95. The maximum absolute atomic E-state index is 10.6. The molecule has 3 aromatic heterocycles. The molecular formula is C92H76N4OPt-2. The van der Waals surface area contributed by atoms with Gasteiger partial charge in [-0.15, -0.1) is 29.7 Å². The zero-order chi connectivity index (χ0) is 89.9. The van der Waals surface area contributed by atoms with Crippen LogP contribution in [-0.2, 0) is 37.3 Å². The average molecular weight is 1480 g/mol. The molecule has 12 aromatic carbocycles. The van der Waals surface area contributed by atoms with Crippen LogP contribution < -0.4 is 9.30 Å². The molecule has 0 amide bonds. The van der Waals surface area contributed by atoms with Crippen molar-refractivity contribution >= 4 is 32.8 Å². The van der Waals surface area contributed by atoms with Gasteiger partial charge in [-0.3, -0.25) is 4.57 Å². The van der Waals surface area contributed by atoms with E-state index in [2.05, 4.69) is 39.2 Å². The summed E-state index contributed by atoms with van der Waals surface area (Å²) < 4.78 is 269. The second-order valence-corrected chi connectivity index (χ2v) is 27.2. The van der Waals surface area contributed by atoms with Gasteiger partial charge in [-0.25, -0.2) is 4.98 Å². The van der Waals surface area contributed by atoms with Crippen LogP contribution >= 0.6 is 0 Å². The molecule has 4 heterocycles. The molecule has 482 valence electrons. The number of fused-ring (bicyclic) bond motifs is 10. The van der Waals surface area contributed by atoms with Gasteiger partial charge in [-0.2, -0.15) is 18.2 Å². The summed E-state index contributed by atoms with van der Waals surface area (Å²) in [5.41, 5.74) is -5.60. The van der Waals surface area contributed by atoms with Gasteiger partial charge in [0.05, 0.1) is 45.5 Å². The topological polar surface area (TPSA) is 35.9 Å². The number of pyridine rings is 1. The molecule has 0 atom stereocenters. The van der Waals surface area contributed by atoms with Crippen LogP contribution in [0.2, 0.25) is 0 Å². The van der Waals surface area contributed by atoms with E-state index in [1.165, 1.54) is 45.5 Å². The molecule has 0 unspecified atom stereocenters. The quantitative estimate of drug-likeness (QED) is 0.107. The van der Waals surface area contributed by atoms with Gasteiger partial charge >= 0.3 is 0 Å². The van der Waals surface area contributed by atoms with Crippen molar-refractivity contribution in [3.05, 3.63) is 307 Å². The molecule has 0 radical (unpaired) electrons. The van der Waals surface area contributed by atoms with Crippen molar-refractivity contribution in [3.63, 3.8) is 0 Å². The van der Waals surface area contributed by atoms with Crippen molar-refractivity contribution in [2.24, 2.45) is 0 Å². The summed E-state index contributed by atoms with van der Waals surface area (Å²) in [4.78, 5) is 4.86. The van der Waals surface area contributed by atoms with E-state index in [1.807, 2.05) is 107 Å². The smallest absolute Gasteiger partial charge is 0.268 e. The van der Waals surface area contributed by atoms with E-state index in [0.29, 0.717) is 16.9 Å². The maximum atomic E-state index is 10.6. The second-order valence-electron chi connectivity index (χ2n) is 27.2. The van der Waals surface area contributed by atoms with E-state index in [4.69, 9.17) is 26.2 Å². The van der Waals surface area contributed by atoms with Crippen LogP contribution in [0.1, 0.15) is 127 Å². The monoisotopic (exact) mass is 1470 g/mol. The zero-order valence-corrected chi connectivity index (χ0v) is 57.0. The fourth-order valence-corrected chi connectivity index (χ4v) is 12.8. The van der Waals surface area contributed by atoms with Crippen LogP contribution in [0.25, 0.3) is 139 Å². The first kappa shape index (κ1) is 39.7. The summed E-state index contributed by atoms with van der Waals surface area (Å²) in [6.45, 7) is 12.1. The summed E-state index contributed by atoms with van der Waals surface area (Å²) in [5.74, 6) is 0.818. The Morgan fingerprint density at radius 2 is 0.990 bits per heavy atom. The molecule has 0 fully saturated rings. The molecule has 15 aromatic rings. The average Bonchev–Trinajstić information content (AvgIpc) is 1.59. The molecule has 0 spiro atoms. The van der Waals surface area contributed by atoms with Gasteiger partial charge in [0.2, 0.25) is 0 Å². The summed E-state index contributed by atoms with van der Waals surface area (Å²) in [6, 6.07) is 23.3. The van der Waals surface area contributed by atoms with Gasteiger partial charge in [-0.05, 0) is 212 Å². The normalized spacial score (nSPS) is 16.3. The predicted octanol–water partition coefficient (Wildman–Crippen LogP) is 23.7. The Morgan fingerprint density at radius 3 is 1.61 bits per heavy atom. The van der Waals surface area contributed by atoms with Gasteiger partial charge in [0.25, 0.3) is 6.33 Å². The third-order valence-corrected chi connectivity index (χ3v) is 17.7. The van der Waals surface area contributed by atoms with Gasteiger partial charge < -0.3 is 13.9 Å². The third kappa shape index (κ3) is 11.4. The number of para-hydroxylation sites is 1. The van der Waals surface area contributed by atoms with E-state index in [1.54, 1.807) is 36.5 Å². The first-order valence-corrected chi connectivity index (χ1v) is 31.6. The minimum absolute atomic E-state index is 0. The number of ether oxygens (including phenoxy) is 1. The SMILES string of the molecule is [2H]c1c([2H])c([2H])c(-c2c([2H])c(-c3cc4c5c(c3)n(-c3[c-]c(Oc6[c-]c7c(cc6)c6ccccc6n7-c6cc(C(C)(C)C)ccn6)ccc3)[c-][n+]5-c3c(-c5cc(C(C)(C)C)cc(C(C)(C)C)c5)cc(-c5c(C([2H])([2H])[2H])cccc5C([2H])([2H])[2H])cc3-c3c([2H])c([2H])c([2H])c([2H])c3-c3c([2H])c([2H])c([2H])c([2H])c3-4)c([2H])c(-c3c([2H])c([2H])c([2H])c([2H])c3[2H])c2[2H])c([2H])c1[2H].[Pt]. The minimum atomic E-state index is -3.06. The molecule has 0 saturated heterocycles. The van der Waals surface area contributed by atoms with Gasteiger partial charge in [0.15, 0.2) is 0 Å². The van der Waals surface area contributed by atoms with E-state index < -0.39 is 213 Å². The van der Waals surface area contributed by atoms with Crippen molar-refractivity contribution in [2.45, 2.75) is 92.3 Å². The van der Waals surface area contributed by atoms with Crippen LogP contribution in [0.4, 0.5) is 0 Å². The molecule has 6 heteroatoms. The van der Waals surface area contributed by atoms with E-state index >= 15 is 0 Å². The Labute approximate surface area is 628 Å². The van der Waals surface area contributed by atoms with Crippen LogP contribution in [0, 0.1) is 32.2 Å². The third-order valence-electron chi connectivity index (χ3n) is 17.7. The van der Waals surface area contributed by atoms with Crippen molar-refractivity contribution in [2.75, 3.05) is 0 Å². The van der Waals surface area contributed by atoms with Crippen molar-refractivity contribution in [3.8, 4) is 118 Å². The molecule has 0 bridgehead atoms. The van der Waals surface area contributed by atoms with Crippen LogP contribution in [0.3, 0.4) is 0 Å². The van der Waals surface area contributed by atoms with Crippen molar-refractivity contribution in [1.82, 2.24) is 14.1 Å². The number of hydrogen-bond donors (Lipinski definition) is 0. The van der Waals surface area contributed by atoms with Gasteiger partial charge in [0, 0.05) is 52.5 Å². The minimum Gasteiger partial charge on any atom is -0.510 e. The number of hydrogen-bond acceptors (Lipinski definition) is 2. The Balaban J connectivity index is 0.0000121. The summed E-state index contributed by atoms with van der Waals surface area (Å²) in [5, 5.41) is 1.70. The number of imidazole rings is 1. The second kappa shape index (κ2) is 24.6. The van der Waals surface area contributed by atoms with Crippen LogP contribution in [0.5, 0.6) is 11.5 Å². The van der Waals surface area contributed by atoms with E-state index in [-0.39, 0.29) is 93.8 Å². The summed E-state index contributed by atoms with van der Waals surface area (Å²) >= 11 is 0. The van der Waals surface area contributed by atoms with E-state index in [9.17, 15) is 20.6 Å². The van der Waals surface area contributed by atoms with Gasteiger partial charge in [0.1, 0.15) is 5.82 Å². The number of nitrogens with zero attached hydrogens (tertiary/aromatic N) is 4.